The zero-order chi connectivity index (χ0) is 18.1. The van der Waals surface area contributed by atoms with Crippen molar-refractivity contribution in [2.45, 2.75) is 19.0 Å². The maximum absolute atomic E-state index is 6.46. The first-order valence-electron chi connectivity index (χ1n) is 8.68. The van der Waals surface area contributed by atoms with Crippen LogP contribution >= 0.6 is 11.6 Å². The normalized spacial score (nSPS) is 18.6. The first-order valence-corrected chi connectivity index (χ1v) is 9.05. The Bertz CT molecular complexity index is 550. The van der Waals surface area contributed by atoms with Gasteiger partial charge in [0, 0.05) is 44.9 Å². The van der Waals surface area contributed by atoms with Gasteiger partial charge in [0.15, 0.2) is 5.96 Å². The summed E-state index contributed by atoms with van der Waals surface area (Å²) >= 11 is 6.46. The molecule has 2 N–H and O–H groups in total. The van der Waals surface area contributed by atoms with Crippen LogP contribution in [0, 0.1) is 0 Å². The maximum atomic E-state index is 6.46. The van der Waals surface area contributed by atoms with E-state index in [1.165, 1.54) is 0 Å². The second-order valence-corrected chi connectivity index (χ2v) is 6.55. The van der Waals surface area contributed by atoms with Crippen molar-refractivity contribution in [3.05, 3.63) is 34.9 Å². The van der Waals surface area contributed by atoms with Crippen LogP contribution in [0.2, 0.25) is 5.02 Å². The SMILES string of the molecule is CN=C(NCC(c1ccccc1Cl)N1CCOCC1)NC(C)COC. The molecule has 2 atom stereocenters. The van der Waals surface area contributed by atoms with Crippen molar-refractivity contribution in [2.75, 3.05) is 53.6 Å². The molecule has 7 heteroatoms. The molecule has 0 spiro atoms. The Morgan fingerprint density at radius 2 is 2.08 bits per heavy atom. The van der Waals surface area contributed by atoms with Crippen molar-refractivity contribution in [3.8, 4) is 0 Å². The summed E-state index contributed by atoms with van der Waals surface area (Å²) in [5.41, 5.74) is 1.12. The van der Waals surface area contributed by atoms with Crippen molar-refractivity contribution in [1.29, 1.82) is 0 Å². The lowest BCUT2D eigenvalue weighted by molar-refractivity contribution is 0.0170. The van der Waals surface area contributed by atoms with Gasteiger partial charge in [0.2, 0.25) is 0 Å². The number of guanidine groups is 1. The van der Waals surface area contributed by atoms with Crippen LogP contribution in [0.25, 0.3) is 0 Å². The summed E-state index contributed by atoms with van der Waals surface area (Å²) in [4.78, 5) is 6.71. The van der Waals surface area contributed by atoms with Gasteiger partial charge in [-0.2, -0.15) is 0 Å². The Hall–Kier alpha value is -1.34. The smallest absolute Gasteiger partial charge is 0.191 e. The fourth-order valence-corrected chi connectivity index (χ4v) is 3.24. The molecule has 1 aromatic carbocycles. The Kier molecular flexibility index (Phi) is 8.48. The van der Waals surface area contributed by atoms with Crippen LogP contribution in [-0.2, 0) is 9.47 Å². The van der Waals surface area contributed by atoms with Crippen molar-refractivity contribution in [1.82, 2.24) is 15.5 Å². The number of rotatable bonds is 7. The second kappa shape index (κ2) is 10.6. The number of methoxy groups -OCH3 is 1. The first-order chi connectivity index (χ1) is 12.2. The Morgan fingerprint density at radius 3 is 2.72 bits per heavy atom. The van der Waals surface area contributed by atoms with Crippen LogP contribution in [0.3, 0.4) is 0 Å². The largest absolute Gasteiger partial charge is 0.383 e. The number of halogens is 1. The highest BCUT2D eigenvalue weighted by Gasteiger charge is 2.24. The van der Waals surface area contributed by atoms with Gasteiger partial charge in [-0.3, -0.25) is 9.89 Å². The van der Waals surface area contributed by atoms with Crippen LogP contribution < -0.4 is 10.6 Å². The number of aliphatic imine (C=N–C) groups is 1. The van der Waals surface area contributed by atoms with Crippen LogP contribution in [0.15, 0.2) is 29.3 Å². The molecule has 2 unspecified atom stereocenters. The summed E-state index contributed by atoms with van der Waals surface area (Å²) in [5, 5.41) is 7.54. The minimum atomic E-state index is 0.161. The molecule has 1 heterocycles. The Balaban J connectivity index is 2.06. The highest BCUT2D eigenvalue weighted by molar-refractivity contribution is 6.31. The van der Waals surface area contributed by atoms with E-state index in [2.05, 4.69) is 33.5 Å². The Labute approximate surface area is 155 Å². The molecule has 140 valence electrons. The topological polar surface area (TPSA) is 58.1 Å². The molecule has 1 aromatic rings. The standard InChI is InChI=1S/C18H29ClN4O2/c1-14(13-24-3)22-18(20-2)21-12-17(23-8-10-25-11-9-23)15-6-4-5-7-16(15)19/h4-7,14,17H,8-13H2,1-3H3,(H2,20,21,22). The molecule has 0 radical (unpaired) electrons. The van der Waals surface area contributed by atoms with E-state index < -0.39 is 0 Å². The first kappa shape index (κ1) is 20.0. The van der Waals surface area contributed by atoms with E-state index in [1.807, 2.05) is 18.2 Å². The van der Waals surface area contributed by atoms with E-state index in [4.69, 9.17) is 21.1 Å². The molecular formula is C18H29ClN4O2. The minimum absolute atomic E-state index is 0.161. The van der Waals surface area contributed by atoms with E-state index in [-0.39, 0.29) is 12.1 Å². The number of hydrogen-bond acceptors (Lipinski definition) is 4. The molecule has 2 rings (SSSR count). The number of nitrogens with one attached hydrogen (secondary N) is 2. The molecule has 0 amide bonds. The van der Waals surface area contributed by atoms with Gasteiger partial charge < -0.3 is 20.1 Å². The van der Waals surface area contributed by atoms with Crippen LogP contribution in [0.4, 0.5) is 0 Å². The third kappa shape index (κ3) is 6.15. The average Bonchev–Trinajstić information content (AvgIpc) is 2.63. The van der Waals surface area contributed by atoms with Crippen LogP contribution in [0.1, 0.15) is 18.5 Å². The molecule has 0 bridgehead atoms. The molecule has 1 aliphatic rings. The molecule has 1 fully saturated rings. The molecule has 0 aromatic heterocycles. The molecule has 6 nitrogen and oxygen atoms in total. The van der Waals surface area contributed by atoms with Gasteiger partial charge in [-0.1, -0.05) is 29.8 Å². The predicted molar refractivity (Wildman–Crippen MR) is 102 cm³/mol. The lowest BCUT2D eigenvalue weighted by atomic mass is 10.0. The monoisotopic (exact) mass is 368 g/mol. The van der Waals surface area contributed by atoms with E-state index >= 15 is 0 Å². The van der Waals surface area contributed by atoms with Crippen molar-refractivity contribution in [3.63, 3.8) is 0 Å². The Morgan fingerprint density at radius 1 is 1.36 bits per heavy atom. The molecule has 25 heavy (non-hydrogen) atoms. The van der Waals surface area contributed by atoms with Crippen molar-refractivity contribution >= 4 is 17.6 Å². The summed E-state index contributed by atoms with van der Waals surface area (Å²) in [7, 11) is 3.47. The lowest BCUT2D eigenvalue weighted by Gasteiger charge is -2.35. The zero-order valence-corrected chi connectivity index (χ0v) is 16.1. The third-order valence-electron chi connectivity index (χ3n) is 4.24. The summed E-state index contributed by atoms with van der Waals surface area (Å²) in [5.74, 6) is 0.759. The molecule has 0 aliphatic carbocycles. The van der Waals surface area contributed by atoms with Gasteiger partial charge >= 0.3 is 0 Å². The summed E-state index contributed by atoms with van der Waals surface area (Å²) in [6, 6.07) is 8.36. The highest BCUT2D eigenvalue weighted by Crippen LogP contribution is 2.27. The molecule has 1 saturated heterocycles. The van der Waals surface area contributed by atoms with Crippen LogP contribution in [-0.4, -0.2) is 70.5 Å². The quantitative estimate of drug-likeness (QED) is 0.568. The number of benzene rings is 1. The summed E-state index contributed by atoms with van der Waals surface area (Å²) < 4.78 is 10.7. The fourth-order valence-electron chi connectivity index (χ4n) is 2.98. The number of hydrogen-bond donors (Lipinski definition) is 2. The number of morpholine rings is 1. The summed E-state index contributed by atoms with van der Waals surface area (Å²) in [6.45, 7) is 6.68. The van der Waals surface area contributed by atoms with Gasteiger partial charge in [-0.05, 0) is 18.6 Å². The molecule has 0 saturated carbocycles. The summed E-state index contributed by atoms with van der Waals surface area (Å²) in [6.07, 6.45) is 0. The maximum Gasteiger partial charge on any atom is 0.191 e. The molecular weight excluding hydrogens is 340 g/mol. The average molecular weight is 369 g/mol. The second-order valence-electron chi connectivity index (χ2n) is 6.14. The molecule has 1 aliphatic heterocycles. The van der Waals surface area contributed by atoms with E-state index in [1.54, 1.807) is 14.2 Å². The van der Waals surface area contributed by atoms with E-state index in [0.29, 0.717) is 13.2 Å². The van der Waals surface area contributed by atoms with Crippen molar-refractivity contribution in [2.24, 2.45) is 4.99 Å². The van der Waals surface area contributed by atoms with Gasteiger partial charge in [-0.15, -0.1) is 0 Å². The fraction of sp³-hybridized carbons (Fsp3) is 0.611. The van der Waals surface area contributed by atoms with Gasteiger partial charge in [-0.25, -0.2) is 0 Å². The highest BCUT2D eigenvalue weighted by atomic mass is 35.5. The van der Waals surface area contributed by atoms with Crippen molar-refractivity contribution < 1.29 is 9.47 Å². The minimum Gasteiger partial charge on any atom is -0.383 e. The van der Waals surface area contributed by atoms with Gasteiger partial charge in [0.1, 0.15) is 0 Å². The van der Waals surface area contributed by atoms with Crippen LogP contribution in [0.5, 0.6) is 0 Å². The number of nitrogens with zero attached hydrogens (tertiary/aromatic N) is 2. The van der Waals surface area contributed by atoms with E-state index in [0.717, 1.165) is 42.8 Å². The van der Waals surface area contributed by atoms with E-state index in [9.17, 15) is 0 Å². The third-order valence-corrected chi connectivity index (χ3v) is 4.58. The number of ether oxygens (including phenoxy) is 2. The van der Waals surface area contributed by atoms with Gasteiger partial charge in [0.05, 0.1) is 25.9 Å². The predicted octanol–water partition coefficient (Wildman–Crippen LogP) is 1.91. The zero-order valence-electron chi connectivity index (χ0n) is 15.3. The lowest BCUT2D eigenvalue weighted by Crippen LogP contribution is -2.48. The van der Waals surface area contributed by atoms with Gasteiger partial charge in [0.25, 0.3) is 0 Å².